The smallest absolute Gasteiger partial charge is 0.138 e. The normalized spacial score (nSPS) is 17.0. The maximum Gasteiger partial charge on any atom is 0.138 e. The molecule has 1 heterocycles. The summed E-state index contributed by atoms with van der Waals surface area (Å²) in [4.78, 5) is 9.49. The second kappa shape index (κ2) is 5.61. The van der Waals surface area contributed by atoms with Gasteiger partial charge in [-0.15, -0.1) is 0 Å². The van der Waals surface area contributed by atoms with Crippen LogP contribution < -0.4 is 5.32 Å². The van der Waals surface area contributed by atoms with E-state index in [1.807, 2.05) is 7.05 Å². The van der Waals surface area contributed by atoms with Crippen LogP contribution in [-0.2, 0) is 12.8 Å². The lowest BCUT2D eigenvalue weighted by Crippen LogP contribution is -2.08. The van der Waals surface area contributed by atoms with Crippen molar-refractivity contribution in [2.24, 2.45) is 0 Å². The van der Waals surface area contributed by atoms with E-state index in [9.17, 15) is 0 Å². The molecule has 0 aliphatic heterocycles. The van der Waals surface area contributed by atoms with Gasteiger partial charge in [-0.2, -0.15) is 0 Å². The van der Waals surface area contributed by atoms with Crippen LogP contribution >= 0.6 is 0 Å². The van der Waals surface area contributed by atoms with Crippen LogP contribution in [0.2, 0.25) is 0 Å². The zero-order valence-corrected chi connectivity index (χ0v) is 12.2. The van der Waals surface area contributed by atoms with E-state index in [-0.39, 0.29) is 0 Å². The molecule has 1 N–H and O–H groups in total. The van der Waals surface area contributed by atoms with Gasteiger partial charge in [0, 0.05) is 24.7 Å². The molecular formula is C17H21N3. The van der Waals surface area contributed by atoms with Gasteiger partial charge in [-0.3, -0.25) is 0 Å². The number of hydrogen-bond acceptors (Lipinski definition) is 3. The van der Waals surface area contributed by atoms with E-state index in [2.05, 4.69) is 42.6 Å². The number of nitrogens with one attached hydrogen (secondary N) is 1. The first-order valence-corrected chi connectivity index (χ1v) is 7.45. The molecule has 3 heteroatoms. The maximum atomic E-state index is 4.80. The standard InChI is InChI=1S/C17H21N3/c1-3-6-13-11-16(18-2)20-17(19-13)15-10-9-12-7-4-5-8-14(12)15/h4-5,7-8,11,15H,3,6,9-10H2,1-2H3,(H,18,19,20). The SMILES string of the molecule is CCCc1cc(NC)nc(C2CCc3ccccc32)n1. The minimum atomic E-state index is 0.357. The average molecular weight is 267 g/mol. The van der Waals surface area contributed by atoms with Crippen LogP contribution in [0.3, 0.4) is 0 Å². The second-order valence-electron chi connectivity index (χ2n) is 5.39. The van der Waals surface area contributed by atoms with Gasteiger partial charge in [0.05, 0.1) is 0 Å². The van der Waals surface area contributed by atoms with Crippen LogP contribution in [0.15, 0.2) is 30.3 Å². The Morgan fingerprint density at radius 2 is 2.10 bits per heavy atom. The van der Waals surface area contributed by atoms with Crippen molar-refractivity contribution in [3.05, 3.63) is 53.0 Å². The first kappa shape index (κ1) is 13.1. The van der Waals surface area contributed by atoms with Gasteiger partial charge in [-0.1, -0.05) is 37.6 Å². The predicted molar refractivity (Wildman–Crippen MR) is 82.2 cm³/mol. The van der Waals surface area contributed by atoms with Crippen molar-refractivity contribution in [2.75, 3.05) is 12.4 Å². The Hall–Kier alpha value is -1.90. The third kappa shape index (κ3) is 2.40. The Bertz CT molecular complexity index is 607. The van der Waals surface area contributed by atoms with Crippen LogP contribution in [0.1, 0.15) is 48.3 Å². The van der Waals surface area contributed by atoms with Crippen molar-refractivity contribution in [1.82, 2.24) is 9.97 Å². The molecule has 1 aromatic carbocycles. The Morgan fingerprint density at radius 1 is 1.25 bits per heavy atom. The van der Waals surface area contributed by atoms with Gasteiger partial charge in [0.15, 0.2) is 0 Å². The van der Waals surface area contributed by atoms with Crippen molar-refractivity contribution < 1.29 is 0 Å². The summed E-state index contributed by atoms with van der Waals surface area (Å²) in [7, 11) is 1.92. The predicted octanol–water partition coefficient (Wildman–Crippen LogP) is 3.55. The molecule has 0 saturated carbocycles. The number of nitrogens with zero attached hydrogens (tertiary/aromatic N) is 2. The van der Waals surface area contributed by atoms with Crippen molar-refractivity contribution >= 4 is 5.82 Å². The van der Waals surface area contributed by atoms with Crippen molar-refractivity contribution in [2.45, 2.75) is 38.5 Å². The molecule has 0 saturated heterocycles. The molecule has 1 atom stereocenters. The van der Waals surface area contributed by atoms with Crippen LogP contribution in [-0.4, -0.2) is 17.0 Å². The van der Waals surface area contributed by atoms with Gasteiger partial charge in [0.1, 0.15) is 11.6 Å². The van der Waals surface area contributed by atoms with E-state index in [1.165, 1.54) is 11.1 Å². The zero-order chi connectivity index (χ0) is 13.9. The quantitative estimate of drug-likeness (QED) is 0.920. The number of aryl methyl sites for hydroxylation is 2. The lowest BCUT2D eigenvalue weighted by molar-refractivity contribution is 0.715. The molecule has 0 radical (unpaired) electrons. The highest BCUT2D eigenvalue weighted by atomic mass is 15.0. The number of anilines is 1. The highest BCUT2D eigenvalue weighted by Crippen LogP contribution is 2.36. The molecule has 0 bridgehead atoms. The molecule has 1 aliphatic carbocycles. The van der Waals surface area contributed by atoms with Gasteiger partial charge in [-0.05, 0) is 30.4 Å². The Morgan fingerprint density at radius 3 is 2.90 bits per heavy atom. The monoisotopic (exact) mass is 267 g/mol. The number of fused-ring (bicyclic) bond motifs is 1. The molecule has 0 fully saturated rings. The summed E-state index contributed by atoms with van der Waals surface area (Å²) in [5.74, 6) is 2.27. The van der Waals surface area contributed by atoms with Crippen molar-refractivity contribution in [1.29, 1.82) is 0 Å². The summed E-state index contributed by atoms with van der Waals surface area (Å²) >= 11 is 0. The van der Waals surface area contributed by atoms with E-state index in [0.29, 0.717) is 5.92 Å². The fourth-order valence-electron chi connectivity index (χ4n) is 3.01. The summed E-state index contributed by atoms with van der Waals surface area (Å²) in [6.45, 7) is 2.19. The summed E-state index contributed by atoms with van der Waals surface area (Å²) in [6, 6.07) is 10.8. The first-order valence-electron chi connectivity index (χ1n) is 7.45. The van der Waals surface area contributed by atoms with E-state index in [4.69, 9.17) is 9.97 Å². The molecular weight excluding hydrogens is 246 g/mol. The number of aromatic nitrogens is 2. The summed E-state index contributed by atoms with van der Waals surface area (Å²) in [5, 5.41) is 3.16. The van der Waals surface area contributed by atoms with Crippen LogP contribution in [0.25, 0.3) is 0 Å². The summed E-state index contributed by atoms with van der Waals surface area (Å²) in [5.41, 5.74) is 4.00. The molecule has 2 aromatic rings. The van der Waals surface area contributed by atoms with Crippen LogP contribution in [0.5, 0.6) is 0 Å². The van der Waals surface area contributed by atoms with Crippen molar-refractivity contribution in [3.8, 4) is 0 Å². The van der Waals surface area contributed by atoms with Gasteiger partial charge in [-0.25, -0.2) is 9.97 Å². The molecule has 1 unspecified atom stereocenters. The second-order valence-corrected chi connectivity index (χ2v) is 5.39. The fraction of sp³-hybridized carbons (Fsp3) is 0.412. The third-order valence-electron chi connectivity index (χ3n) is 4.00. The molecule has 1 aromatic heterocycles. The zero-order valence-electron chi connectivity index (χ0n) is 12.2. The van der Waals surface area contributed by atoms with Crippen LogP contribution in [0, 0.1) is 0 Å². The highest BCUT2D eigenvalue weighted by molar-refractivity contribution is 5.42. The molecule has 0 amide bonds. The Labute approximate surface area is 120 Å². The summed E-state index contributed by atoms with van der Waals surface area (Å²) < 4.78 is 0. The van der Waals surface area contributed by atoms with Crippen molar-refractivity contribution in [3.63, 3.8) is 0 Å². The highest BCUT2D eigenvalue weighted by Gasteiger charge is 2.26. The van der Waals surface area contributed by atoms with Gasteiger partial charge < -0.3 is 5.32 Å². The van der Waals surface area contributed by atoms with Gasteiger partial charge in [0.2, 0.25) is 0 Å². The number of benzene rings is 1. The van der Waals surface area contributed by atoms with Gasteiger partial charge in [0.25, 0.3) is 0 Å². The average Bonchev–Trinajstić information content (AvgIpc) is 2.91. The summed E-state index contributed by atoms with van der Waals surface area (Å²) in [6.07, 6.45) is 4.38. The third-order valence-corrected chi connectivity index (χ3v) is 4.00. The fourth-order valence-corrected chi connectivity index (χ4v) is 3.01. The minimum absolute atomic E-state index is 0.357. The number of rotatable bonds is 4. The molecule has 104 valence electrons. The van der Waals surface area contributed by atoms with Crippen LogP contribution in [0.4, 0.5) is 5.82 Å². The molecule has 3 rings (SSSR count). The first-order chi connectivity index (χ1) is 9.81. The maximum absolute atomic E-state index is 4.80. The van der Waals surface area contributed by atoms with E-state index in [0.717, 1.165) is 43.0 Å². The number of hydrogen-bond donors (Lipinski definition) is 1. The van der Waals surface area contributed by atoms with E-state index < -0.39 is 0 Å². The van der Waals surface area contributed by atoms with E-state index >= 15 is 0 Å². The molecule has 0 spiro atoms. The van der Waals surface area contributed by atoms with Gasteiger partial charge >= 0.3 is 0 Å². The Balaban J connectivity index is 2.00. The molecule has 3 nitrogen and oxygen atoms in total. The topological polar surface area (TPSA) is 37.8 Å². The lowest BCUT2D eigenvalue weighted by Gasteiger charge is -2.13. The molecule has 20 heavy (non-hydrogen) atoms. The minimum Gasteiger partial charge on any atom is -0.373 e. The van der Waals surface area contributed by atoms with E-state index in [1.54, 1.807) is 0 Å². The molecule has 1 aliphatic rings. The largest absolute Gasteiger partial charge is 0.373 e. The lowest BCUT2D eigenvalue weighted by atomic mass is 10.0. The Kier molecular flexibility index (Phi) is 3.68.